The van der Waals surface area contributed by atoms with Crippen LogP contribution in [0.5, 0.6) is 11.5 Å². The summed E-state index contributed by atoms with van der Waals surface area (Å²) >= 11 is 0. The van der Waals surface area contributed by atoms with E-state index < -0.39 is 17.7 Å². The minimum absolute atomic E-state index is 0.0397. The van der Waals surface area contributed by atoms with Gasteiger partial charge in [0.1, 0.15) is 11.5 Å². The zero-order valence-electron chi connectivity index (χ0n) is 18.1. The van der Waals surface area contributed by atoms with E-state index in [-0.39, 0.29) is 30.3 Å². The first-order chi connectivity index (χ1) is 15.4. The molecule has 2 aromatic carbocycles. The van der Waals surface area contributed by atoms with Crippen LogP contribution in [0.2, 0.25) is 0 Å². The second-order valence-corrected chi connectivity index (χ2v) is 7.47. The third-order valence-corrected chi connectivity index (χ3v) is 5.44. The van der Waals surface area contributed by atoms with Crippen LogP contribution in [0.3, 0.4) is 0 Å². The number of nitrogens with one attached hydrogen (secondary N) is 2. The molecule has 2 amide bonds. The Morgan fingerprint density at radius 1 is 1.19 bits per heavy atom. The van der Waals surface area contributed by atoms with E-state index in [9.17, 15) is 18.4 Å². The second kappa shape index (κ2) is 10.9. The lowest BCUT2D eigenvalue weighted by atomic mass is 10.1. The van der Waals surface area contributed by atoms with Crippen molar-refractivity contribution >= 4 is 11.8 Å². The zero-order chi connectivity index (χ0) is 23.1. The zero-order valence-corrected chi connectivity index (χ0v) is 18.1. The smallest absolute Gasteiger partial charge is 0.237 e. The van der Waals surface area contributed by atoms with Gasteiger partial charge in [0, 0.05) is 37.8 Å². The molecule has 1 fully saturated rings. The first kappa shape index (κ1) is 23.5. The molecular weight excluding hydrogens is 420 g/mol. The molecule has 2 aromatic rings. The maximum atomic E-state index is 14.1. The van der Waals surface area contributed by atoms with Crippen LogP contribution in [0, 0.1) is 11.6 Å². The summed E-state index contributed by atoms with van der Waals surface area (Å²) in [6.07, 6.45) is 0.455. The predicted molar refractivity (Wildman–Crippen MR) is 114 cm³/mol. The minimum atomic E-state index is -0.938. The quantitative estimate of drug-likeness (QED) is 0.615. The molecule has 0 bridgehead atoms. The average Bonchev–Trinajstić information content (AvgIpc) is 2.79. The lowest BCUT2D eigenvalue weighted by molar-refractivity contribution is -0.134. The van der Waals surface area contributed by atoms with Crippen LogP contribution in [0.4, 0.5) is 8.78 Å². The van der Waals surface area contributed by atoms with Crippen LogP contribution >= 0.6 is 0 Å². The molecule has 32 heavy (non-hydrogen) atoms. The highest BCUT2D eigenvalue weighted by atomic mass is 19.2. The monoisotopic (exact) mass is 447 g/mol. The van der Waals surface area contributed by atoms with Crippen LogP contribution < -0.4 is 20.1 Å². The van der Waals surface area contributed by atoms with Gasteiger partial charge in [0.05, 0.1) is 26.7 Å². The molecule has 0 aromatic heterocycles. The number of carbonyl (C=O) groups excluding carboxylic acids is 2. The molecule has 1 aliphatic rings. The van der Waals surface area contributed by atoms with Gasteiger partial charge in [0.25, 0.3) is 0 Å². The molecule has 0 radical (unpaired) electrons. The molecule has 0 aliphatic carbocycles. The highest BCUT2D eigenvalue weighted by Crippen LogP contribution is 2.24. The fourth-order valence-electron chi connectivity index (χ4n) is 3.71. The van der Waals surface area contributed by atoms with Gasteiger partial charge in [0.15, 0.2) is 11.6 Å². The second-order valence-electron chi connectivity index (χ2n) is 7.47. The Balaban J connectivity index is 1.58. The van der Waals surface area contributed by atoms with E-state index in [2.05, 4.69) is 10.6 Å². The number of methoxy groups -OCH3 is 2. The third-order valence-electron chi connectivity index (χ3n) is 5.44. The molecule has 1 saturated heterocycles. The van der Waals surface area contributed by atoms with Gasteiger partial charge in [-0.25, -0.2) is 8.78 Å². The first-order valence-electron chi connectivity index (χ1n) is 10.3. The van der Waals surface area contributed by atoms with E-state index in [0.717, 1.165) is 11.6 Å². The van der Waals surface area contributed by atoms with Crippen molar-refractivity contribution in [1.29, 1.82) is 0 Å². The van der Waals surface area contributed by atoms with Crippen molar-refractivity contribution in [2.75, 3.05) is 33.9 Å². The average molecular weight is 447 g/mol. The molecular formula is C23H27F2N3O4. The number of halogens is 2. The van der Waals surface area contributed by atoms with Crippen molar-refractivity contribution in [1.82, 2.24) is 15.5 Å². The summed E-state index contributed by atoms with van der Waals surface area (Å²) in [5, 5.41) is 5.55. The molecule has 0 unspecified atom stereocenters. The van der Waals surface area contributed by atoms with E-state index in [1.54, 1.807) is 25.2 Å². The van der Waals surface area contributed by atoms with Gasteiger partial charge in [-0.05, 0) is 24.1 Å². The van der Waals surface area contributed by atoms with E-state index in [4.69, 9.17) is 9.47 Å². The molecule has 1 heterocycles. The van der Waals surface area contributed by atoms with Crippen molar-refractivity contribution in [2.24, 2.45) is 0 Å². The van der Waals surface area contributed by atoms with Gasteiger partial charge >= 0.3 is 0 Å². The Morgan fingerprint density at radius 3 is 2.75 bits per heavy atom. The van der Waals surface area contributed by atoms with Crippen molar-refractivity contribution in [3.05, 3.63) is 59.2 Å². The highest BCUT2D eigenvalue weighted by Gasteiger charge is 2.32. The largest absolute Gasteiger partial charge is 0.497 e. The number of amides is 2. The lowest BCUT2D eigenvalue weighted by Gasteiger charge is -2.34. The number of ether oxygens (including phenoxy) is 2. The van der Waals surface area contributed by atoms with E-state index in [0.29, 0.717) is 37.6 Å². The lowest BCUT2D eigenvalue weighted by Crippen LogP contribution is -2.56. The topological polar surface area (TPSA) is 79.9 Å². The number of benzene rings is 2. The van der Waals surface area contributed by atoms with Crippen LogP contribution in [0.1, 0.15) is 17.5 Å². The predicted octanol–water partition coefficient (Wildman–Crippen LogP) is 2.03. The molecule has 9 heteroatoms. The SMILES string of the molecule is COc1ccc(CCNC(=O)C[C@H]2C(=O)NCCN2Cc2cccc(F)c2F)c(OC)c1. The van der Waals surface area contributed by atoms with Crippen molar-refractivity contribution in [3.8, 4) is 11.5 Å². The summed E-state index contributed by atoms with van der Waals surface area (Å²) in [6, 6.07) is 8.64. The van der Waals surface area contributed by atoms with Gasteiger partial charge < -0.3 is 20.1 Å². The highest BCUT2D eigenvalue weighted by molar-refractivity contribution is 5.88. The fraction of sp³-hybridized carbons (Fsp3) is 0.391. The van der Waals surface area contributed by atoms with Crippen molar-refractivity contribution < 1.29 is 27.8 Å². The van der Waals surface area contributed by atoms with Crippen LogP contribution in [0.25, 0.3) is 0 Å². The number of nitrogens with zero attached hydrogens (tertiary/aromatic N) is 1. The van der Waals surface area contributed by atoms with Gasteiger partial charge in [-0.15, -0.1) is 0 Å². The summed E-state index contributed by atoms with van der Waals surface area (Å²) in [7, 11) is 3.14. The summed E-state index contributed by atoms with van der Waals surface area (Å²) in [5.41, 5.74) is 1.06. The molecule has 172 valence electrons. The van der Waals surface area contributed by atoms with Gasteiger partial charge in [-0.2, -0.15) is 0 Å². The number of piperazine rings is 1. The Labute approximate surface area is 185 Å². The van der Waals surface area contributed by atoms with Crippen molar-refractivity contribution in [2.45, 2.75) is 25.4 Å². The van der Waals surface area contributed by atoms with Gasteiger partial charge in [-0.3, -0.25) is 14.5 Å². The molecule has 0 spiro atoms. The normalized spacial score (nSPS) is 16.4. The molecule has 1 atom stereocenters. The van der Waals surface area contributed by atoms with Crippen LogP contribution in [-0.2, 0) is 22.6 Å². The summed E-state index contributed by atoms with van der Waals surface area (Å²) in [6.45, 7) is 1.21. The molecule has 0 saturated carbocycles. The minimum Gasteiger partial charge on any atom is -0.497 e. The number of hydrogen-bond donors (Lipinski definition) is 2. The fourth-order valence-corrected chi connectivity index (χ4v) is 3.71. The first-order valence-corrected chi connectivity index (χ1v) is 10.3. The Bertz CT molecular complexity index is 970. The summed E-state index contributed by atoms with van der Waals surface area (Å²) in [4.78, 5) is 26.6. The standard InChI is InChI=1S/C23H27F2N3O4/c1-31-17-7-6-15(20(12-17)32-2)8-9-26-21(29)13-19-23(30)27-10-11-28(19)14-16-4-3-5-18(24)22(16)25/h3-7,12,19H,8-11,13-14H2,1-2H3,(H,26,29)(H,27,30)/t19-/m0/s1. The molecule has 3 rings (SSSR count). The molecule has 7 nitrogen and oxygen atoms in total. The Hall–Kier alpha value is -3.20. The van der Waals surface area contributed by atoms with E-state index >= 15 is 0 Å². The Kier molecular flexibility index (Phi) is 7.99. The molecule has 2 N–H and O–H groups in total. The van der Waals surface area contributed by atoms with Crippen molar-refractivity contribution in [3.63, 3.8) is 0 Å². The maximum Gasteiger partial charge on any atom is 0.237 e. The summed E-state index contributed by atoms with van der Waals surface area (Å²) in [5.74, 6) is -1.15. The van der Waals surface area contributed by atoms with Gasteiger partial charge in [0.2, 0.25) is 11.8 Å². The van der Waals surface area contributed by atoms with Crippen LogP contribution in [-0.4, -0.2) is 56.6 Å². The van der Waals surface area contributed by atoms with Gasteiger partial charge in [-0.1, -0.05) is 18.2 Å². The number of hydrogen-bond acceptors (Lipinski definition) is 5. The van der Waals surface area contributed by atoms with E-state index in [1.165, 1.54) is 12.1 Å². The third kappa shape index (κ3) is 5.73. The van der Waals surface area contributed by atoms with Crippen LogP contribution in [0.15, 0.2) is 36.4 Å². The Morgan fingerprint density at radius 2 is 2.00 bits per heavy atom. The van der Waals surface area contributed by atoms with E-state index in [1.807, 2.05) is 12.1 Å². The maximum absolute atomic E-state index is 14.1. The number of carbonyl (C=O) groups is 2. The summed E-state index contributed by atoms with van der Waals surface area (Å²) < 4.78 is 38.2. The number of rotatable bonds is 9. The molecule has 1 aliphatic heterocycles.